The third-order valence-corrected chi connectivity index (χ3v) is 2.97. The van der Waals surface area contributed by atoms with Crippen molar-refractivity contribution in [2.24, 2.45) is 0 Å². The van der Waals surface area contributed by atoms with Gasteiger partial charge in [0.05, 0.1) is 13.7 Å². The normalized spacial score (nSPS) is 12.5. The Morgan fingerprint density at radius 2 is 2.06 bits per heavy atom. The van der Waals surface area contributed by atoms with Crippen LogP contribution in [0.5, 0.6) is 11.5 Å². The highest BCUT2D eigenvalue weighted by Crippen LogP contribution is 2.29. The van der Waals surface area contributed by atoms with E-state index in [1.807, 2.05) is 14.1 Å². The second-order valence-corrected chi connectivity index (χ2v) is 4.99. The fourth-order valence-electron chi connectivity index (χ4n) is 1.43. The monoisotopic (exact) mass is 272 g/mol. The summed E-state index contributed by atoms with van der Waals surface area (Å²) in [6.45, 7) is 1.50. The maximum absolute atomic E-state index is 10.8. The zero-order valence-corrected chi connectivity index (χ0v) is 11.7. The summed E-state index contributed by atoms with van der Waals surface area (Å²) in [6, 6.07) is 4.55. The fraction of sp³-hybridized carbons (Fsp3) is 0.500. The number of hydrogen-bond donors (Lipinski definition) is 0. The molecular weight excluding hydrogens is 254 g/mol. The first-order chi connectivity index (χ1) is 8.54. The summed E-state index contributed by atoms with van der Waals surface area (Å²) in [5, 5.41) is 0. The maximum Gasteiger partial charge on any atom is 0.161 e. The van der Waals surface area contributed by atoms with Crippen molar-refractivity contribution in [3.8, 4) is 11.5 Å². The van der Waals surface area contributed by atoms with E-state index in [2.05, 4.69) is 4.90 Å². The van der Waals surface area contributed by atoms with E-state index < -0.39 is 11.1 Å². The van der Waals surface area contributed by atoms with Gasteiger partial charge in [0.1, 0.15) is 0 Å². The molecule has 18 heavy (non-hydrogen) atoms. The number of nitrogens with zero attached hydrogens (tertiary/aromatic N) is 1. The van der Waals surface area contributed by atoms with E-state index >= 15 is 0 Å². The Bertz CT molecular complexity index is 409. The van der Waals surface area contributed by atoms with Crippen LogP contribution in [0.3, 0.4) is 0 Å². The third-order valence-electron chi connectivity index (χ3n) is 2.33. The van der Waals surface area contributed by atoms with Crippen LogP contribution in [-0.4, -0.2) is 48.0 Å². The van der Waals surface area contributed by atoms with Crippen LogP contribution in [-0.2, 0) is 11.1 Å². The molecule has 0 heterocycles. The van der Waals surface area contributed by atoms with Gasteiger partial charge in [-0.15, -0.1) is 0 Å². The molecule has 0 aromatic heterocycles. The lowest BCUT2D eigenvalue weighted by atomic mass is 10.3. The first-order valence-corrected chi connectivity index (χ1v) is 6.67. The molecule has 1 aromatic carbocycles. The quantitative estimate of drug-likeness (QED) is 0.552. The lowest BCUT2D eigenvalue weighted by Gasteiger charge is -2.14. The van der Waals surface area contributed by atoms with Crippen molar-refractivity contribution in [1.82, 2.24) is 4.90 Å². The Labute approximate surface area is 110 Å². The van der Waals surface area contributed by atoms with Crippen molar-refractivity contribution in [3.05, 3.63) is 18.2 Å². The zero-order valence-electron chi connectivity index (χ0n) is 10.8. The first-order valence-electron chi connectivity index (χ1n) is 5.59. The van der Waals surface area contributed by atoms with Crippen molar-refractivity contribution in [2.45, 2.75) is 11.3 Å². The van der Waals surface area contributed by atoms with Crippen LogP contribution in [0, 0.1) is 0 Å². The van der Waals surface area contributed by atoms with Crippen LogP contribution >= 0.6 is 0 Å². The summed E-state index contributed by atoms with van der Waals surface area (Å²) in [7, 11) is 5.48. The van der Waals surface area contributed by atoms with Gasteiger partial charge in [-0.25, -0.2) is 0 Å². The summed E-state index contributed by atoms with van der Waals surface area (Å²) >= 11 is -2.25. The highest BCUT2D eigenvalue weighted by atomic mass is 32.2. The minimum absolute atomic E-state index is 0.187. The van der Waals surface area contributed by atoms with Gasteiger partial charge in [0.2, 0.25) is 0 Å². The average Bonchev–Trinajstić information content (AvgIpc) is 2.34. The van der Waals surface area contributed by atoms with Gasteiger partial charge < -0.3 is 18.9 Å². The molecular formula is C12H18NO4S-. The summed E-state index contributed by atoms with van der Waals surface area (Å²) < 4.78 is 32.3. The summed E-state index contributed by atoms with van der Waals surface area (Å²) in [5.74, 6) is 0.993. The van der Waals surface area contributed by atoms with Crippen molar-refractivity contribution < 1.29 is 18.2 Å². The molecule has 0 aliphatic rings. The van der Waals surface area contributed by atoms with E-state index in [1.165, 1.54) is 19.2 Å². The molecule has 0 radical (unpaired) electrons. The molecule has 0 bridgehead atoms. The number of benzene rings is 1. The summed E-state index contributed by atoms with van der Waals surface area (Å²) in [6.07, 6.45) is 0.894. The van der Waals surface area contributed by atoms with E-state index in [0.717, 1.165) is 13.0 Å². The largest absolute Gasteiger partial charge is 0.768 e. The Kier molecular flexibility index (Phi) is 6.11. The van der Waals surface area contributed by atoms with Crippen LogP contribution in [0.1, 0.15) is 6.42 Å². The van der Waals surface area contributed by atoms with E-state index in [4.69, 9.17) is 9.47 Å². The number of rotatable bonds is 7. The van der Waals surface area contributed by atoms with Gasteiger partial charge >= 0.3 is 0 Å². The van der Waals surface area contributed by atoms with Crippen LogP contribution in [0.4, 0.5) is 0 Å². The minimum Gasteiger partial charge on any atom is -0.768 e. The molecule has 0 fully saturated rings. The fourth-order valence-corrected chi connectivity index (χ4v) is 1.82. The van der Waals surface area contributed by atoms with E-state index in [-0.39, 0.29) is 4.90 Å². The van der Waals surface area contributed by atoms with Gasteiger partial charge in [0.15, 0.2) is 11.5 Å². The molecule has 1 rings (SSSR count). The predicted molar refractivity (Wildman–Crippen MR) is 68.8 cm³/mol. The SMILES string of the molecule is COc1cc(S(=O)[O-])ccc1OCCCN(C)C. The van der Waals surface area contributed by atoms with Crippen LogP contribution < -0.4 is 9.47 Å². The highest BCUT2D eigenvalue weighted by Gasteiger charge is 2.06. The lowest BCUT2D eigenvalue weighted by Crippen LogP contribution is -2.15. The average molecular weight is 272 g/mol. The third kappa shape index (κ3) is 4.64. The van der Waals surface area contributed by atoms with Gasteiger partial charge in [0.25, 0.3) is 0 Å². The molecule has 6 heteroatoms. The van der Waals surface area contributed by atoms with Gasteiger partial charge in [0, 0.05) is 11.4 Å². The predicted octanol–water partition coefficient (Wildman–Crippen LogP) is 1.26. The van der Waals surface area contributed by atoms with Crippen molar-refractivity contribution >= 4 is 11.1 Å². The lowest BCUT2D eigenvalue weighted by molar-refractivity contribution is 0.268. The Morgan fingerprint density at radius 1 is 1.33 bits per heavy atom. The minimum atomic E-state index is -2.25. The topological polar surface area (TPSA) is 61.8 Å². The molecule has 0 N–H and O–H groups in total. The van der Waals surface area contributed by atoms with Gasteiger partial charge in [-0.3, -0.25) is 4.21 Å². The molecule has 102 valence electrons. The maximum atomic E-state index is 10.8. The molecule has 5 nitrogen and oxygen atoms in total. The molecule has 1 aromatic rings. The number of ether oxygens (including phenoxy) is 2. The first kappa shape index (κ1) is 14.9. The molecule has 1 atom stereocenters. The van der Waals surface area contributed by atoms with E-state index in [9.17, 15) is 8.76 Å². The Hall–Kier alpha value is -1.11. The van der Waals surface area contributed by atoms with Gasteiger partial charge in [-0.2, -0.15) is 0 Å². The van der Waals surface area contributed by atoms with Crippen LogP contribution in [0.15, 0.2) is 23.1 Å². The van der Waals surface area contributed by atoms with Gasteiger partial charge in [-0.1, -0.05) is 0 Å². The highest BCUT2D eigenvalue weighted by molar-refractivity contribution is 7.79. The molecule has 0 saturated carbocycles. The van der Waals surface area contributed by atoms with Crippen LogP contribution in [0.2, 0.25) is 0 Å². The van der Waals surface area contributed by atoms with Crippen molar-refractivity contribution in [2.75, 3.05) is 34.4 Å². The molecule has 0 saturated heterocycles. The Balaban J connectivity index is 2.62. The van der Waals surface area contributed by atoms with E-state index in [0.29, 0.717) is 18.1 Å². The second-order valence-electron chi connectivity index (χ2n) is 4.05. The molecule has 0 aliphatic heterocycles. The number of methoxy groups -OCH3 is 1. The standard InChI is InChI=1S/C12H19NO4S/c1-13(2)7-4-8-17-11-6-5-10(18(14)15)9-12(11)16-3/h5-6,9H,4,7-8H2,1-3H3,(H,14,15)/p-1. The summed E-state index contributed by atoms with van der Waals surface area (Å²) in [5.41, 5.74) is 0. The van der Waals surface area contributed by atoms with Crippen molar-refractivity contribution in [3.63, 3.8) is 0 Å². The molecule has 0 spiro atoms. The van der Waals surface area contributed by atoms with E-state index in [1.54, 1.807) is 6.07 Å². The number of hydrogen-bond acceptors (Lipinski definition) is 5. The summed E-state index contributed by atoms with van der Waals surface area (Å²) in [4.78, 5) is 2.26. The van der Waals surface area contributed by atoms with Gasteiger partial charge in [-0.05, 0) is 49.8 Å². The van der Waals surface area contributed by atoms with Crippen molar-refractivity contribution in [1.29, 1.82) is 0 Å². The zero-order chi connectivity index (χ0) is 13.5. The second kappa shape index (κ2) is 7.35. The smallest absolute Gasteiger partial charge is 0.161 e. The van der Waals surface area contributed by atoms with Crippen LogP contribution in [0.25, 0.3) is 0 Å². The molecule has 1 unspecified atom stereocenters. The Morgan fingerprint density at radius 3 is 2.61 bits per heavy atom. The molecule has 0 aliphatic carbocycles. The molecule has 0 amide bonds.